The lowest BCUT2D eigenvalue weighted by atomic mass is 10.1. The third-order valence-electron chi connectivity index (χ3n) is 2.87. The summed E-state index contributed by atoms with van der Waals surface area (Å²) in [4.78, 5) is 10.8. The summed E-state index contributed by atoms with van der Waals surface area (Å²) in [5.74, 6) is 0. The van der Waals surface area contributed by atoms with Gasteiger partial charge in [-0.15, -0.1) is 4.91 Å². The lowest BCUT2D eigenvalue weighted by Crippen LogP contribution is -2.14. The zero-order chi connectivity index (χ0) is 13.5. The summed E-state index contributed by atoms with van der Waals surface area (Å²) >= 11 is 0. The fourth-order valence-electron chi connectivity index (χ4n) is 1.89. The molecule has 0 aromatic heterocycles. The molecule has 0 aliphatic carbocycles. The van der Waals surface area contributed by atoms with Crippen molar-refractivity contribution < 1.29 is 0 Å². The van der Waals surface area contributed by atoms with Crippen LogP contribution >= 0.6 is 0 Å². The van der Waals surface area contributed by atoms with Gasteiger partial charge < -0.3 is 0 Å². The summed E-state index contributed by atoms with van der Waals surface area (Å²) in [6, 6.07) is 17.8. The second kappa shape index (κ2) is 6.50. The maximum Gasteiger partial charge on any atom is 0.0698 e. The molecule has 0 amide bonds. The first-order chi connectivity index (χ1) is 9.35. The van der Waals surface area contributed by atoms with Gasteiger partial charge >= 0.3 is 0 Å². The summed E-state index contributed by atoms with van der Waals surface area (Å²) in [5, 5.41) is 4.49. The zero-order valence-electron chi connectivity index (χ0n) is 10.9. The minimum Gasteiger partial charge on any atom is -0.229 e. The third-order valence-corrected chi connectivity index (χ3v) is 2.87. The maximum absolute atomic E-state index is 10.8. The van der Waals surface area contributed by atoms with Gasteiger partial charge in [-0.25, -0.2) is 5.01 Å². The number of anilines is 1. The first-order valence-corrected chi connectivity index (χ1v) is 6.28. The van der Waals surface area contributed by atoms with E-state index in [0.29, 0.717) is 6.54 Å². The van der Waals surface area contributed by atoms with Crippen molar-refractivity contribution in [1.29, 1.82) is 0 Å². The smallest absolute Gasteiger partial charge is 0.0698 e. The maximum atomic E-state index is 10.8. The minimum absolute atomic E-state index is 0.555. The first kappa shape index (κ1) is 13.0. The van der Waals surface area contributed by atoms with E-state index in [1.807, 2.05) is 73.7 Å². The van der Waals surface area contributed by atoms with Crippen molar-refractivity contribution in [3.63, 3.8) is 0 Å². The molecule has 2 aromatic carbocycles. The number of para-hydroxylation sites is 1. The summed E-state index contributed by atoms with van der Waals surface area (Å²) in [6.07, 6.45) is 4.02. The van der Waals surface area contributed by atoms with Crippen molar-refractivity contribution in [3.8, 4) is 0 Å². The molecule has 0 saturated heterocycles. The van der Waals surface area contributed by atoms with Gasteiger partial charge in [0.15, 0.2) is 0 Å². The highest BCUT2D eigenvalue weighted by atomic mass is 16.3. The van der Waals surface area contributed by atoms with Crippen LogP contribution in [0.1, 0.15) is 18.1 Å². The van der Waals surface area contributed by atoms with Crippen LogP contribution in [0.2, 0.25) is 0 Å². The van der Waals surface area contributed by atoms with Gasteiger partial charge in [0.25, 0.3) is 0 Å². The Balaban J connectivity index is 2.30. The average Bonchev–Trinajstić information content (AvgIpc) is 2.48. The van der Waals surface area contributed by atoms with Gasteiger partial charge in [0.1, 0.15) is 0 Å². The largest absolute Gasteiger partial charge is 0.229 e. The van der Waals surface area contributed by atoms with E-state index in [2.05, 4.69) is 5.29 Å². The molecule has 0 unspecified atom stereocenters. The highest BCUT2D eigenvalue weighted by molar-refractivity contribution is 5.76. The van der Waals surface area contributed by atoms with Crippen molar-refractivity contribution in [2.45, 2.75) is 6.92 Å². The molecule has 0 aliphatic rings. The Morgan fingerprint density at radius 3 is 2.37 bits per heavy atom. The van der Waals surface area contributed by atoms with Crippen LogP contribution in [0.25, 0.3) is 12.2 Å². The number of rotatable bonds is 5. The van der Waals surface area contributed by atoms with E-state index < -0.39 is 0 Å². The molecule has 0 spiro atoms. The molecule has 3 nitrogen and oxygen atoms in total. The Morgan fingerprint density at radius 1 is 1.00 bits per heavy atom. The average molecular weight is 252 g/mol. The molecule has 0 heterocycles. The monoisotopic (exact) mass is 252 g/mol. The van der Waals surface area contributed by atoms with E-state index in [1.165, 1.54) is 5.01 Å². The standard InChI is InChI=1S/C16H16N2O/c1-2-18(17-19)16-11-7-6-10-15(16)13-12-14-8-4-3-5-9-14/h3-13H,2H2,1H3/b13-12+. The van der Waals surface area contributed by atoms with Crippen LogP contribution in [-0.2, 0) is 0 Å². The van der Waals surface area contributed by atoms with Gasteiger partial charge in [0.05, 0.1) is 11.0 Å². The third kappa shape index (κ3) is 3.28. The first-order valence-electron chi connectivity index (χ1n) is 6.28. The molecule has 2 rings (SSSR count). The van der Waals surface area contributed by atoms with Crippen molar-refractivity contribution in [3.05, 3.63) is 70.6 Å². The highest BCUT2D eigenvalue weighted by Gasteiger charge is 2.06. The minimum atomic E-state index is 0.555. The van der Waals surface area contributed by atoms with Crippen LogP contribution in [0, 0.1) is 4.91 Å². The van der Waals surface area contributed by atoms with Crippen LogP contribution in [0.15, 0.2) is 59.9 Å². The quantitative estimate of drug-likeness (QED) is 0.450. The predicted octanol–water partition coefficient (Wildman–Crippen LogP) is 4.36. The lowest BCUT2D eigenvalue weighted by Gasteiger charge is -2.15. The zero-order valence-corrected chi connectivity index (χ0v) is 10.9. The second-order valence-electron chi connectivity index (χ2n) is 4.10. The van der Waals surface area contributed by atoms with Crippen LogP contribution in [0.4, 0.5) is 5.69 Å². The molecule has 2 aromatic rings. The SMILES string of the molecule is CCN(N=O)c1ccccc1/C=C/c1ccccc1. The second-order valence-corrected chi connectivity index (χ2v) is 4.10. The number of nitrogens with zero attached hydrogens (tertiary/aromatic N) is 2. The fourth-order valence-corrected chi connectivity index (χ4v) is 1.89. The number of hydrogen-bond acceptors (Lipinski definition) is 2. The Kier molecular flexibility index (Phi) is 4.45. The topological polar surface area (TPSA) is 32.7 Å². The van der Waals surface area contributed by atoms with Gasteiger partial charge in [-0.05, 0) is 24.1 Å². The van der Waals surface area contributed by atoms with Crippen LogP contribution in [0.3, 0.4) is 0 Å². The van der Waals surface area contributed by atoms with Gasteiger partial charge in [-0.3, -0.25) is 0 Å². The number of nitroso groups, excluding NO2 is 1. The Bertz CT molecular complexity index is 564. The summed E-state index contributed by atoms with van der Waals surface area (Å²) in [5.41, 5.74) is 2.93. The van der Waals surface area contributed by atoms with Crippen LogP contribution in [0.5, 0.6) is 0 Å². The molecule has 96 valence electrons. The number of benzene rings is 2. The molecule has 0 N–H and O–H groups in total. The van der Waals surface area contributed by atoms with E-state index in [0.717, 1.165) is 16.8 Å². The molecule has 0 bridgehead atoms. The predicted molar refractivity (Wildman–Crippen MR) is 80.6 cm³/mol. The molecule has 19 heavy (non-hydrogen) atoms. The molecule has 0 fully saturated rings. The van der Waals surface area contributed by atoms with Crippen molar-refractivity contribution >= 4 is 17.8 Å². The number of hydrogen-bond donors (Lipinski definition) is 0. The molecule has 0 aliphatic heterocycles. The molecule has 3 heteroatoms. The van der Waals surface area contributed by atoms with Gasteiger partial charge in [0, 0.05) is 6.54 Å². The van der Waals surface area contributed by atoms with Crippen molar-refractivity contribution in [1.82, 2.24) is 0 Å². The molecule has 0 atom stereocenters. The van der Waals surface area contributed by atoms with Gasteiger partial charge in [0.2, 0.25) is 0 Å². The van der Waals surface area contributed by atoms with E-state index in [4.69, 9.17) is 0 Å². The van der Waals surface area contributed by atoms with E-state index >= 15 is 0 Å². The molecule has 0 radical (unpaired) electrons. The summed E-state index contributed by atoms with van der Waals surface area (Å²) in [7, 11) is 0. The Labute approximate surface area is 113 Å². The van der Waals surface area contributed by atoms with E-state index in [1.54, 1.807) is 0 Å². The molecular formula is C16H16N2O. The van der Waals surface area contributed by atoms with Crippen molar-refractivity contribution in [2.75, 3.05) is 11.6 Å². The summed E-state index contributed by atoms with van der Waals surface area (Å²) in [6.45, 7) is 2.46. The van der Waals surface area contributed by atoms with Crippen molar-refractivity contribution in [2.24, 2.45) is 5.29 Å². The highest BCUT2D eigenvalue weighted by Crippen LogP contribution is 2.22. The van der Waals surface area contributed by atoms with Gasteiger partial charge in [-0.2, -0.15) is 0 Å². The van der Waals surface area contributed by atoms with Crippen LogP contribution in [-0.4, -0.2) is 6.54 Å². The van der Waals surface area contributed by atoms with Gasteiger partial charge in [-0.1, -0.05) is 60.7 Å². The van der Waals surface area contributed by atoms with Crippen LogP contribution < -0.4 is 5.01 Å². The molecular weight excluding hydrogens is 236 g/mol. The molecule has 0 saturated carbocycles. The Hall–Kier alpha value is -2.42. The lowest BCUT2D eigenvalue weighted by molar-refractivity contribution is 0.883. The Morgan fingerprint density at radius 2 is 1.68 bits per heavy atom. The van der Waals surface area contributed by atoms with E-state index in [9.17, 15) is 4.91 Å². The normalized spacial score (nSPS) is 10.6. The van der Waals surface area contributed by atoms with E-state index in [-0.39, 0.29) is 0 Å². The summed E-state index contributed by atoms with van der Waals surface area (Å²) < 4.78 is 0. The fraction of sp³-hybridized carbons (Fsp3) is 0.125.